The lowest BCUT2D eigenvalue weighted by Crippen LogP contribution is -2.06. The summed E-state index contributed by atoms with van der Waals surface area (Å²) in [5, 5.41) is 8.33. The van der Waals surface area contributed by atoms with Crippen LogP contribution in [0.4, 0.5) is 4.39 Å². The maximum absolute atomic E-state index is 12.3. The van der Waals surface area contributed by atoms with E-state index in [0.29, 0.717) is 0 Å². The predicted molar refractivity (Wildman–Crippen MR) is 30.1 cm³/mol. The first kappa shape index (κ1) is 6.73. The molecule has 0 aliphatic rings. The number of nitrogens with zero attached hydrogens (tertiary/aromatic N) is 2. The van der Waals surface area contributed by atoms with E-state index in [-0.39, 0.29) is 5.82 Å². The van der Waals surface area contributed by atoms with Gasteiger partial charge in [0.05, 0.1) is 6.20 Å². The summed E-state index contributed by atoms with van der Waals surface area (Å²) in [5.74, 6) is -2.18. The highest BCUT2D eigenvalue weighted by molar-refractivity contribution is 5.83. The summed E-state index contributed by atoms with van der Waals surface area (Å²) in [6, 6.07) is 0. The summed E-state index contributed by atoms with van der Waals surface area (Å²) in [6.07, 6.45) is 0.865. The van der Waals surface area contributed by atoms with Crippen LogP contribution in [-0.2, 0) is 7.05 Å². The molecule has 1 aromatic heterocycles. The molecular weight excluding hydrogens is 139 g/mol. The first-order chi connectivity index (χ1) is 4.63. The van der Waals surface area contributed by atoms with E-state index >= 15 is 0 Å². The highest BCUT2D eigenvalue weighted by Gasteiger charge is 2.11. The van der Waals surface area contributed by atoms with Crippen molar-refractivity contribution in [1.29, 1.82) is 0 Å². The smallest absolute Gasteiger partial charge is 0.372 e. The van der Waals surface area contributed by atoms with E-state index in [2.05, 4.69) is 4.98 Å². The largest absolute Gasteiger partial charge is 0.475 e. The summed E-state index contributed by atoms with van der Waals surface area (Å²) < 4.78 is 13.2. The van der Waals surface area contributed by atoms with E-state index in [1.165, 1.54) is 7.05 Å². The lowest BCUT2D eigenvalue weighted by Gasteiger charge is -1.92. The zero-order valence-corrected chi connectivity index (χ0v) is 5.21. The summed E-state index contributed by atoms with van der Waals surface area (Å²) in [5.41, 5.74) is 0. The van der Waals surface area contributed by atoms with Gasteiger partial charge in [-0.3, -0.25) is 4.57 Å². The molecule has 0 spiro atoms. The van der Waals surface area contributed by atoms with Gasteiger partial charge in [0.15, 0.2) is 0 Å². The summed E-state index contributed by atoms with van der Waals surface area (Å²) >= 11 is 0. The van der Waals surface area contributed by atoms with Gasteiger partial charge in [0.25, 0.3) is 0 Å². The molecule has 1 N–H and O–H groups in total. The maximum atomic E-state index is 12.3. The minimum absolute atomic E-state index is 0.294. The van der Waals surface area contributed by atoms with Crippen LogP contribution in [-0.4, -0.2) is 20.6 Å². The topological polar surface area (TPSA) is 55.1 Å². The van der Waals surface area contributed by atoms with Crippen LogP contribution in [0.15, 0.2) is 6.20 Å². The number of carbonyl (C=O) groups is 1. The second kappa shape index (κ2) is 2.09. The molecule has 1 rings (SSSR count). The third kappa shape index (κ3) is 0.854. The molecule has 0 bridgehead atoms. The van der Waals surface area contributed by atoms with Crippen molar-refractivity contribution in [2.24, 2.45) is 7.05 Å². The molecule has 5 heteroatoms. The second-order valence-electron chi connectivity index (χ2n) is 1.77. The Bertz CT molecular complexity index is 269. The first-order valence-corrected chi connectivity index (χ1v) is 2.53. The highest BCUT2D eigenvalue weighted by atomic mass is 19.1. The Morgan fingerprint density at radius 2 is 2.50 bits per heavy atom. The molecule has 0 aliphatic carbocycles. The van der Waals surface area contributed by atoms with E-state index in [9.17, 15) is 9.18 Å². The Hall–Kier alpha value is -1.39. The maximum Gasteiger partial charge on any atom is 0.372 e. The summed E-state index contributed by atoms with van der Waals surface area (Å²) in [6.45, 7) is 0. The molecule has 0 saturated carbocycles. The van der Waals surface area contributed by atoms with Crippen LogP contribution in [0.1, 0.15) is 10.6 Å². The fourth-order valence-electron chi connectivity index (χ4n) is 0.587. The molecule has 4 nitrogen and oxygen atoms in total. The van der Waals surface area contributed by atoms with Gasteiger partial charge < -0.3 is 5.11 Å². The number of carboxylic acid groups (broad SMARTS) is 1. The molecule has 0 aromatic carbocycles. The number of aromatic carboxylic acids is 1. The molecule has 0 aliphatic heterocycles. The fourth-order valence-corrected chi connectivity index (χ4v) is 0.587. The van der Waals surface area contributed by atoms with Crippen LogP contribution < -0.4 is 0 Å². The average Bonchev–Trinajstić information content (AvgIpc) is 2.14. The highest BCUT2D eigenvalue weighted by Crippen LogP contribution is 1.99. The first-order valence-electron chi connectivity index (χ1n) is 2.53. The fraction of sp³-hybridized carbons (Fsp3) is 0.200. The van der Waals surface area contributed by atoms with E-state index in [4.69, 9.17) is 5.11 Å². The van der Waals surface area contributed by atoms with Crippen molar-refractivity contribution in [2.75, 3.05) is 0 Å². The lowest BCUT2D eigenvalue weighted by molar-refractivity contribution is 0.0678. The normalized spacial score (nSPS) is 9.80. The molecule has 0 saturated heterocycles. The van der Waals surface area contributed by atoms with Gasteiger partial charge >= 0.3 is 5.97 Å². The molecule has 0 radical (unpaired) electrons. The molecule has 0 fully saturated rings. The quantitative estimate of drug-likeness (QED) is 0.615. The lowest BCUT2D eigenvalue weighted by atomic mass is 10.6. The monoisotopic (exact) mass is 144 g/mol. The predicted octanol–water partition coefficient (Wildman–Crippen LogP) is 0.257. The summed E-state index contributed by atoms with van der Waals surface area (Å²) in [7, 11) is 1.30. The van der Waals surface area contributed by atoms with Crippen LogP contribution in [0.2, 0.25) is 0 Å². The number of hydrogen-bond acceptors (Lipinski definition) is 2. The van der Waals surface area contributed by atoms with Gasteiger partial charge in [-0.05, 0) is 0 Å². The minimum atomic E-state index is -1.23. The van der Waals surface area contributed by atoms with Gasteiger partial charge in [-0.1, -0.05) is 0 Å². The van der Waals surface area contributed by atoms with Crippen LogP contribution in [0.25, 0.3) is 0 Å². The van der Waals surface area contributed by atoms with Crippen molar-refractivity contribution >= 4 is 5.97 Å². The van der Waals surface area contributed by atoms with Crippen LogP contribution in [0.3, 0.4) is 0 Å². The van der Waals surface area contributed by atoms with E-state index in [1.807, 2.05) is 0 Å². The Labute approximate surface area is 55.9 Å². The number of rotatable bonds is 1. The van der Waals surface area contributed by atoms with Crippen molar-refractivity contribution in [2.45, 2.75) is 0 Å². The Morgan fingerprint density at radius 1 is 1.90 bits per heavy atom. The van der Waals surface area contributed by atoms with Gasteiger partial charge in [0.1, 0.15) is 0 Å². The Morgan fingerprint density at radius 3 is 2.70 bits per heavy atom. The standard InChI is InChI=1S/C5H5FN2O2/c1-8-3(6)2-7-4(8)5(9)10/h2H,1H3,(H,9,10). The van der Waals surface area contributed by atoms with E-state index in [1.54, 1.807) is 0 Å². The van der Waals surface area contributed by atoms with E-state index < -0.39 is 11.9 Å². The molecule has 54 valence electrons. The zero-order valence-electron chi connectivity index (χ0n) is 5.21. The molecule has 10 heavy (non-hydrogen) atoms. The van der Waals surface area contributed by atoms with Gasteiger partial charge in [0, 0.05) is 7.05 Å². The van der Waals surface area contributed by atoms with Crippen molar-refractivity contribution in [1.82, 2.24) is 9.55 Å². The van der Waals surface area contributed by atoms with Crippen molar-refractivity contribution in [3.05, 3.63) is 18.0 Å². The third-order valence-electron chi connectivity index (χ3n) is 1.12. The van der Waals surface area contributed by atoms with Gasteiger partial charge in [-0.15, -0.1) is 0 Å². The number of carboxylic acids is 1. The van der Waals surface area contributed by atoms with Crippen molar-refractivity contribution in [3.8, 4) is 0 Å². The van der Waals surface area contributed by atoms with Gasteiger partial charge in [-0.25, -0.2) is 9.78 Å². The molecule has 1 aromatic rings. The van der Waals surface area contributed by atoms with Crippen molar-refractivity contribution in [3.63, 3.8) is 0 Å². The van der Waals surface area contributed by atoms with Crippen molar-refractivity contribution < 1.29 is 14.3 Å². The number of imidazole rings is 1. The van der Waals surface area contributed by atoms with Crippen LogP contribution >= 0.6 is 0 Å². The molecule has 0 amide bonds. The number of aromatic nitrogens is 2. The second-order valence-corrected chi connectivity index (χ2v) is 1.77. The molecule has 0 atom stereocenters. The van der Waals surface area contributed by atoms with E-state index in [0.717, 1.165) is 10.8 Å². The van der Waals surface area contributed by atoms with Crippen LogP contribution in [0, 0.1) is 5.95 Å². The zero-order chi connectivity index (χ0) is 7.72. The number of hydrogen-bond donors (Lipinski definition) is 1. The SMILES string of the molecule is Cn1c(F)cnc1C(=O)O. The minimum Gasteiger partial charge on any atom is -0.475 e. The summed E-state index contributed by atoms with van der Waals surface area (Å²) in [4.78, 5) is 13.5. The third-order valence-corrected chi connectivity index (χ3v) is 1.12. The van der Waals surface area contributed by atoms with Crippen LogP contribution in [0.5, 0.6) is 0 Å². The average molecular weight is 144 g/mol. The molecule has 0 unspecified atom stereocenters. The molecular formula is C5H5FN2O2. The number of halogens is 1. The molecule has 1 heterocycles. The van der Waals surface area contributed by atoms with Gasteiger partial charge in [0.2, 0.25) is 11.8 Å². The Kier molecular flexibility index (Phi) is 1.41. The Balaban J connectivity index is 3.17. The van der Waals surface area contributed by atoms with Gasteiger partial charge in [-0.2, -0.15) is 4.39 Å².